The van der Waals surface area contributed by atoms with Crippen LogP contribution >= 0.6 is 21.6 Å². The van der Waals surface area contributed by atoms with Crippen molar-refractivity contribution in [3.63, 3.8) is 0 Å². The van der Waals surface area contributed by atoms with Crippen LogP contribution in [0.5, 0.6) is 0 Å². The number of aliphatic hydroxyl groups excluding tert-OH is 4. The molecule has 494 valence electrons. The highest BCUT2D eigenvalue weighted by Crippen LogP contribution is 2.23. The highest BCUT2D eigenvalue weighted by molar-refractivity contribution is 8.76. The van der Waals surface area contributed by atoms with Gasteiger partial charge in [0.1, 0.15) is 6.61 Å². The summed E-state index contributed by atoms with van der Waals surface area (Å²) in [6, 6.07) is 0. The summed E-state index contributed by atoms with van der Waals surface area (Å²) < 4.78 is 5.71. The third kappa shape index (κ3) is 56.1. The SMILES string of the molecule is CCCCC/C=C\C/C=C\CCCCCCC(O)CN(CCCCSSCCN1CCN(CCOC(=O)CCCN(CC(O)CCCCCCCC)CC(O)CCCCCCCC)CC1)CC(O)CCCCCC/C=C\C/C=C\CCCCC. The Morgan fingerprint density at radius 2 is 0.738 bits per heavy atom. The maximum absolute atomic E-state index is 12.8. The topological polar surface area (TPSA) is 120 Å². The molecule has 1 saturated heterocycles. The van der Waals surface area contributed by atoms with E-state index in [0.29, 0.717) is 52.2 Å². The quantitative estimate of drug-likeness (QED) is 0.0201. The molecule has 4 atom stereocenters. The number of hydrogen-bond acceptors (Lipinski definition) is 12. The summed E-state index contributed by atoms with van der Waals surface area (Å²) in [5, 5.41) is 44.2. The number of carbonyl (C=O) groups excluding carboxylic acids is 1. The largest absolute Gasteiger partial charge is 0.464 e. The summed E-state index contributed by atoms with van der Waals surface area (Å²) in [6.07, 6.45) is 62.0. The fourth-order valence-electron chi connectivity index (χ4n) is 11.2. The molecule has 0 aromatic carbocycles. The number of ether oxygens (including phenoxy) is 1. The molecule has 84 heavy (non-hydrogen) atoms. The van der Waals surface area contributed by atoms with E-state index in [0.717, 1.165) is 160 Å². The molecular weight excluding hydrogens is 1080 g/mol. The van der Waals surface area contributed by atoms with Crippen LogP contribution in [-0.4, -0.2) is 167 Å². The standard InChI is InChI=1S/C72H138N4O6S2/c1-5-9-13-17-21-23-25-27-29-31-33-35-39-43-50-68(77)64-75(65-69(78)51-44-40-36-34-32-30-28-26-24-22-18-14-10-6-2)53-45-46-62-83-84-63-60-74-57-55-73(56-58-74)59-61-82-72(81)52-47-54-76(66-70(79)48-41-37-19-15-11-7-3)67-71(80)49-42-38-20-16-12-8-4/h21-24,27-30,68-71,77-80H,5-20,25-26,31-67H2,1-4H3/b23-21-,24-22-,29-27-,30-28-. The molecule has 1 aliphatic rings. The van der Waals surface area contributed by atoms with Gasteiger partial charge in [-0.05, 0) is 122 Å². The van der Waals surface area contributed by atoms with Gasteiger partial charge in [-0.3, -0.25) is 24.4 Å². The molecule has 12 heteroatoms. The van der Waals surface area contributed by atoms with E-state index in [-0.39, 0.29) is 18.2 Å². The van der Waals surface area contributed by atoms with Crippen LogP contribution in [0, 0.1) is 0 Å². The molecule has 4 unspecified atom stereocenters. The van der Waals surface area contributed by atoms with Crippen molar-refractivity contribution in [1.82, 2.24) is 19.6 Å². The minimum Gasteiger partial charge on any atom is -0.464 e. The van der Waals surface area contributed by atoms with Crippen molar-refractivity contribution in [1.29, 1.82) is 0 Å². The fourth-order valence-corrected chi connectivity index (χ4v) is 13.4. The molecule has 0 bridgehead atoms. The number of carbonyl (C=O) groups is 1. The zero-order valence-corrected chi connectivity index (χ0v) is 57.2. The Labute approximate surface area is 528 Å². The number of esters is 1. The van der Waals surface area contributed by atoms with Crippen molar-refractivity contribution >= 4 is 27.6 Å². The molecule has 0 aliphatic carbocycles. The first kappa shape index (κ1) is 80.8. The molecule has 0 saturated carbocycles. The Bertz CT molecular complexity index is 1420. The Morgan fingerprint density at radius 1 is 0.405 bits per heavy atom. The maximum atomic E-state index is 12.8. The van der Waals surface area contributed by atoms with E-state index in [2.05, 4.69) is 95.9 Å². The zero-order chi connectivity index (χ0) is 60.9. The second-order valence-corrected chi connectivity index (χ2v) is 27.6. The van der Waals surface area contributed by atoms with Crippen LogP contribution in [0.15, 0.2) is 48.6 Å². The van der Waals surface area contributed by atoms with Crippen molar-refractivity contribution < 1.29 is 30.0 Å². The van der Waals surface area contributed by atoms with Crippen LogP contribution in [0.4, 0.5) is 0 Å². The van der Waals surface area contributed by atoms with Crippen molar-refractivity contribution in [3.8, 4) is 0 Å². The zero-order valence-electron chi connectivity index (χ0n) is 55.5. The van der Waals surface area contributed by atoms with Gasteiger partial charge in [0, 0.05) is 83.4 Å². The summed E-state index contributed by atoms with van der Waals surface area (Å²) in [5.74, 6) is 2.08. The van der Waals surface area contributed by atoms with Crippen LogP contribution < -0.4 is 0 Å². The number of rotatable bonds is 64. The third-order valence-electron chi connectivity index (χ3n) is 16.7. The first-order valence-corrected chi connectivity index (χ1v) is 38.3. The number of aliphatic hydroxyl groups is 4. The minimum atomic E-state index is -0.405. The summed E-state index contributed by atoms with van der Waals surface area (Å²) >= 11 is 0. The summed E-state index contributed by atoms with van der Waals surface area (Å²) in [6.45, 7) is 19.4. The first-order valence-electron chi connectivity index (χ1n) is 35.8. The van der Waals surface area contributed by atoms with Crippen LogP contribution in [0.1, 0.15) is 285 Å². The second kappa shape index (κ2) is 63.4. The predicted octanol–water partition coefficient (Wildman–Crippen LogP) is 17.5. The average Bonchev–Trinajstić information content (AvgIpc) is 3.56. The molecule has 0 amide bonds. The minimum absolute atomic E-state index is 0.149. The van der Waals surface area contributed by atoms with E-state index in [1.54, 1.807) is 0 Å². The van der Waals surface area contributed by atoms with Gasteiger partial charge >= 0.3 is 5.97 Å². The third-order valence-corrected chi connectivity index (χ3v) is 19.1. The van der Waals surface area contributed by atoms with Gasteiger partial charge in [-0.15, -0.1) is 0 Å². The van der Waals surface area contributed by atoms with E-state index in [4.69, 9.17) is 4.74 Å². The maximum Gasteiger partial charge on any atom is 0.305 e. The van der Waals surface area contributed by atoms with Gasteiger partial charge in [0.2, 0.25) is 0 Å². The number of piperazine rings is 1. The Balaban J connectivity index is 2.39. The molecule has 0 aromatic heterocycles. The molecule has 0 aromatic rings. The summed E-state index contributed by atoms with van der Waals surface area (Å²) in [4.78, 5) is 22.3. The molecule has 1 heterocycles. The van der Waals surface area contributed by atoms with E-state index in [1.807, 2.05) is 21.6 Å². The van der Waals surface area contributed by atoms with Gasteiger partial charge < -0.3 is 25.2 Å². The fraction of sp³-hybridized carbons (Fsp3) is 0.875. The molecular formula is C72H138N4O6S2. The average molecular weight is 1220 g/mol. The summed E-state index contributed by atoms with van der Waals surface area (Å²) in [7, 11) is 3.97. The smallest absolute Gasteiger partial charge is 0.305 e. The van der Waals surface area contributed by atoms with Crippen LogP contribution in [0.3, 0.4) is 0 Å². The van der Waals surface area contributed by atoms with E-state index in [1.165, 1.54) is 141 Å². The lowest BCUT2D eigenvalue weighted by atomic mass is 10.1. The van der Waals surface area contributed by atoms with Gasteiger partial charge in [0.25, 0.3) is 0 Å². The number of nitrogens with zero attached hydrogens (tertiary/aromatic N) is 4. The monoisotopic (exact) mass is 1220 g/mol. The Morgan fingerprint density at radius 3 is 1.15 bits per heavy atom. The molecule has 4 N–H and O–H groups in total. The highest BCUT2D eigenvalue weighted by atomic mass is 33.1. The molecule has 1 aliphatic heterocycles. The Hall–Kier alpha value is -1.19. The molecule has 1 rings (SSSR count). The number of hydrogen-bond donors (Lipinski definition) is 4. The van der Waals surface area contributed by atoms with Gasteiger partial charge in [-0.25, -0.2) is 0 Å². The predicted molar refractivity (Wildman–Crippen MR) is 370 cm³/mol. The molecule has 1 fully saturated rings. The van der Waals surface area contributed by atoms with E-state index in [9.17, 15) is 25.2 Å². The summed E-state index contributed by atoms with van der Waals surface area (Å²) in [5.41, 5.74) is 0. The molecule has 0 spiro atoms. The van der Waals surface area contributed by atoms with Crippen molar-refractivity contribution in [2.45, 2.75) is 309 Å². The Kier molecular flexibility index (Phi) is 61.0. The lowest BCUT2D eigenvalue weighted by molar-refractivity contribution is -0.144. The van der Waals surface area contributed by atoms with Gasteiger partial charge in [-0.2, -0.15) is 0 Å². The second-order valence-electron chi connectivity index (χ2n) is 24.9. The van der Waals surface area contributed by atoms with Crippen LogP contribution in [0.25, 0.3) is 0 Å². The van der Waals surface area contributed by atoms with Crippen molar-refractivity contribution in [2.75, 3.05) is 96.6 Å². The molecule has 10 nitrogen and oxygen atoms in total. The van der Waals surface area contributed by atoms with Gasteiger partial charge in [-0.1, -0.05) is 239 Å². The number of allylic oxidation sites excluding steroid dienone is 8. The highest BCUT2D eigenvalue weighted by Gasteiger charge is 2.20. The lowest BCUT2D eigenvalue weighted by Gasteiger charge is -2.34. The number of unbranched alkanes of at least 4 members (excludes halogenated alkanes) is 25. The van der Waals surface area contributed by atoms with Gasteiger partial charge in [0.05, 0.1) is 24.4 Å². The van der Waals surface area contributed by atoms with Crippen LogP contribution in [0.2, 0.25) is 0 Å². The normalized spacial score (nSPS) is 15.4. The van der Waals surface area contributed by atoms with E-state index >= 15 is 0 Å². The lowest BCUT2D eigenvalue weighted by Crippen LogP contribution is -2.47. The first-order chi connectivity index (χ1) is 41.2. The van der Waals surface area contributed by atoms with Gasteiger partial charge in [0.15, 0.2) is 0 Å². The van der Waals surface area contributed by atoms with E-state index < -0.39 is 12.2 Å². The van der Waals surface area contributed by atoms with Crippen LogP contribution in [-0.2, 0) is 9.53 Å². The van der Waals surface area contributed by atoms with Crippen molar-refractivity contribution in [3.05, 3.63) is 48.6 Å². The van der Waals surface area contributed by atoms with Crippen molar-refractivity contribution in [2.24, 2.45) is 0 Å². The molecule has 0 radical (unpaired) electrons.